The number of carboxylic acid groups (broad SMARTS) is 1. The van der Waals surface area contributed by atoms with E-state index in [0.29, 0.717) is 41.8 Å². The Morgan fingerprint density at radius 1 is 1.19 bits per heavy atom. The van der Waals surface area contributed by atoms with E-state index >= 15 is 0 Å². The fraction of sp³-hybridized carbons (Fsp3) is 0.304. The Balaban J connectivity index is 1.87. The number of thioether (sulfide) groups is 1. The minimum atomic E-state index is -1.09. The van der Waals surface area contributed by atoms with Gasteiger partial charge in [-0.2, -0.15) is 11.8 Å². The van der Waals surface area contributed by atoms with Gasteiger partial charge in [0.15, 0.2) is 0 Å². The zero-order chi connectivity index (χ0) is 23.1. The number of aliphatic carboxylic acids is 1. The van der Waals surface area contributed by atoms with Crippen LogP contribution in [-0.4, -0.2) is 52.9 Å². The second kappa shape index (κ2) is 10.8. The molecule has 1 heterocycles. The van der Waals surface area contributed by atoms with Crippen molar-refractivity contribution in [3.05, 3.63) is 54.1 Å². The molecule has 1 fully saturated rings. The van der Waals surface area contributed by atoms with Crippen LogP contribution < -0.4 is 16.0 Å². The molecule has 1 unspecified atom stereocenters. The Bertz CT molecular complexity index is 1010. The predicted molar refractivity (Wildman–Crippen MR) is 124 cm³/mol. The van der Waals surface area contributed by atoms with Gasteiger partial charge in [0, 0.05) is 17.7 Å². The standard InChI is InChI=1S/C23H25N3O5S/c1-32-12-11-19(23(30)31)26-21(28)16-8-7-15(13-17(16)14-5-3-2-4-6-14)24-22(29)18-9-10-20(27)25-18/h2-8,13,18-19H,9-12H2,1H3,(H,24,29)(H,25,27)(H,26,28)(H,30,31)/t18?,19-/m0/s1. The zero-order valence-corrected chi connectivity index (χ0v) is 18.4. The summed E-state index contributed by atoms with van der Waals surface area (Å²) in [5.74, 6) is -1.47. The average molecular weight is 456 g/mol. The molecule has 1 aliphatic heterocycles. The monoisotopic (exact) mass is 455 g/mol. The smallest absolute Gasteiger partial charge is 0.326 e. The van der Waals surface area contributed by atoms with Gasteiger partial charge in [0.1, 0.15) is 12.1 Å². The number of carbonyl (C=O) groups is 4. The molecular weight excluding hydrogens is 430 g/mol. The van der Waals surface area contributed by atoms with Gasteiger partial charge < -0.3 is 21.1 Å². The molecule has 0 bridgehead atoms. The lowest BCUT2D eigenvalue weighted by atomic mass is 9.98. The summed E-state index contributed by atoms with van der Waals surface area (Å²) >= 11 is 1.51. The zero-order valence-electron chi connectivity index (χ0n) is 17.6. The number of anilines is 1. The highest BCUT2D eigenvalue weighted by Crippen LogP contribution is 2.28. The highest BCUT2D eigenvalue weighted by molar-refractivity contribution is 7.98. The summed E-state index contributed by atoms with van der Waals surface area (Å²) in [5.41, 5.74) is 2.09. The van der Waals surface area contributed by atoms with Gasteiger partial charge in [-0.05, 0) is 54.2 Å². The fourth-order valence-electron chi connectivity index (χ4n) is 3.45. The van der Waals surface area contributed by atoms with Crippen LogP contribution in [0.25, 0.3) is 11.1 Å². The van der Waals surface area contributed by atoms with Gasteiger partial charge in [-0.3, -0.25) is 14.4 Å². The maximum absolute atomic E-state index is 13.0. The van der Waals surface area contributed by atoms with Crippen molar-refractivity contribution in [3.63, 3.8) is 0 Å². The van der Waals surface area contributed by atoms with Gasteiger partial charge in [0.05, 0.1) is 0 Å². The molecule has 0 radical (unpaired) electrons. The van der Waals surface area contributed by atoms with Crippen molar-refractivity contribution in [1.82, 2.24) is 10.6 Å². The highest BCUT2D eigenvalue weighted by atomic mass is 32.2. The molecular formula is C23H25N3O5S. The van der Waals surface area contributed by atoms with Crippen LogP contribution in [0.4, 0.5) is 5.69 Å². The van der Waals surface area contributed by atoms with Crippen LogP contribution in [0.5, 0.6) is 0 Å². The largest absolute Gasteiger partial charge is 0.480 e. The average Bonchev–Trinajstić information content (AvgIpc) is 3.23. The molecule has 2 aromatic rings. The van der Waals surface area contributed by atoms with Crippen LogP contribution in [0.3, 0.4) is 0 Å². The van der Waals surface area contributed by atoms with E-state index < -0.39 is 24.0 Å². The highest BCUT2D eigenvalue weighted by Gasteiger charge is 2.27. The van der Waals surface area contributed by atoms with E-state index in [-0.39, 0.29) is 11.8 Å². The molecule has 1 saturated heterocycles. The molecule has 4 N–H and O–H groups in total. The molecule has 0 spiro atoms. The normalized spacial score (nSPS) is 16.2. The first-order valence-corrected chi connectivity index (χ1v) is 11.6. The van der Waals surface area contributed by atoms with Crippen LogP contribution in [0.15, 0.2) is 48.5 Å². The van der Waals surface area contributed by atoms with Gasteiger partial charge in [0.2, 0.25) is 11.8 Å². The van der Waals surface area contributed by atoms with Gasteiger partial charge >= 0.3 is 5.97 Å². The number of carboxylic acids is 1. The Morgan fingerprint density at radius 3 is 2.56 bits per heavy atom. The lowest BCUT2D eigenvalue weighted by Gasteiger charge is -2.17. The third-order valence-corrected chi connectivity index (χ3v) is 5.79. The molecule has 3 rings (SSSR count). The molecule has 2 atom stereocenters. The summed E-state index contributed by atoms with van der Waals surface area (Å²) in [6.45, 7) is 0. The van der Waals surface area contributed by atoms with Crippen LogP contribution in [0, 0.1) is 0 Å². The van der Waals surface area contributed by atoms with Gasteiger partial charge in [-0.25, -0.2) is 4.79 Å². The molecule has 1 aliphatic rings. The Kier molecular flexibility index (Phi) is 7.88. The number of amides is 3. The maximum Gasteiger partial charge on any atom is 0.326 e. The van der Waals surface area contributed by atoms with Crippen LogP contribution in [-0.2, 0) is 14.4 Å². The molecule has 9 heteroatoms. The van der Waals surface area contributed by atoms with Crippen molar-refractivity contribution >= 4 is 41.1 Å². The van der Waals surface area contributed by atoms with E-state index in [2.05, 4.69) is 16.0 Å². The topological polar surface area (TPSA) is 125 Å². The van der Waals surface area contributed by atoms with Crippen molar-refractivity contribution in [3.8, 4) is 11.1 Å². The first-order valence-electron chi connectivity index (χ1n) is 10.2. The van der Waals surface area contributed by atoms with Crippen molar-refractivity contribution in [2.75, 3.05) is 17.3 Å². The van der Waals surface area contributed by atoms with Crippen molar-refractivity contribution in [2.45, 2.75) is 31.3 Å². The Hall–Kier alpha value is -3.33. The van der Waals surface area contributed by atoms with E-state index in [0.717, 1.165) is 5.56 Å². The summed E-state index contributed by atoms with van der Waals surface area (Å²) in [4.78, 5) is 48.4. The van der Waals surface area contributed by atoms with E-state index in [9.17, 15) is 24.3 Å². The lowest BCUT2D eigenvalue weighted by Crippen LogP contribution is -2.41. The van der Waals surface area contributed by atoms with Crippen molar-refractivity contribution < 1.29 is 24.3 Å². The summed E-state index contributed by atoms with van der Waals surface area (Å²) in [6, 6.07) is 12.4. The van der Waals surface area contributed by atoms with Gasteiger partial charge in [0.25, 0.3) is 5.91 Å². The fourth-order valence-corrected chi connectivity index (χ4v) is 3.92. The summed E-state index contributed by atoms with van der Waals surface area (Å²) in [5, 5.41) is 17.5. The van der Waals surface area contributed by atoms with E-state index in [1.54, 1.807) is 18.2 Å². The van der Waals surface area contributed by atoms with Crippen molar-refractivity contribution in [1.29, 1.82) is 0 Å². The number of hydrogen-bond acceptors (Lipinski definition) is 5. The quantitative estimate of drug-likeness (QED) is 0.461. The Labute approximate surface area is 190 Å². The van der Waals surface area contributed by atoms with Crippen LogP contribution in [0.2, 0.25) is 0 Å². The number of benzene rings is 2. The number of hydrogen-bond donors (Lipinski definition) is 4. The second-order valence-corrected chi connectivity index (χ2v) is 8.41. The first-order chi connectivity index (χ1) is 15.4. The third kappa shape index (κ3) is 5.88. The maximum atomic E-state index is 13.0. The predicted octanol–water partition coefficient (Wildman–Crippen LogP) is 2.51. The number of rotatable bonds is 9. The second-order valence-electron chi connectivity index (χ2n) is 7.42. The van der Waals surface area contributed by atoms with Gasteiger partial charge in [-0.15, -0.1) is 0 Å². The summed E-state index contributed by atoms with van der Waals surface area (Å²) in [6.07, 6.45) is 2.93. The molecule has 0 saturated carbocycles. The van der Waals surface area contributed by atoms with Crippen LogP contribution in [0.1, 0.15) is 29.6 Å². The van der Waals surface area contributed by atoms with Crippen LogP contribution >= 0.6 is 11.8 Å². The lowest BCUT2D eigenvalue weighted by molar-refractivity contribution is -0.139. The molecule has 32 heavy (non-hydrogen) atoms. The van der Waals surface area contributed by atoms with Gasteiger partial charge in [-0.1, -0.05) is 30.3 Å². The van der Waals surface area contributed by atoms with E-state index in [1.165, 1.54) is 11.8 Å². The summed E-state index contributed by atoms with van der Waals surface area (Å²) < 4.78 is 0. The minimum Gasteiger partial charge on any atom is -0.480 e. The Morgan fingerprint density at radius 2 is 1.94 bits per heavy atom. The molecule has 8 nitrogen and oxygen atoms in total. The van der Waals surface area contributed by atoms with E-state index in [4.69, 9.17) is 0 Å². The molecule has 3 amide bonds. The molecule has 0 aromatic heterocycles. The third-order valence-electron chi connectivity index (χ3n) is 5.14. The molecule has 2 aromatic carbocycles. The van der Waals surface area contributed by atoms with Crippen molar-refractivity contribution in [2.24, 2.45) is 0 Å². The molecule has 168 valence electrons. The first kappa shape index (κ1) is 23.3. The molecule has 0 aliphatic carbocycles. The number of nitrogens with one attached hydrogen (secondary N) is 3. The summed E-state index contributed by atoms with van der Waals surface area (Å²) in [7, 11) is 0. The minimum absolute atomic E-state index is 0.156. The van der Waals surface area contributed by atoms with E-state index in [1.807, 2.05) is 36.6 Å². The SMILES string of the molecule is CSCC[C@H](NC(=O)c1ccc(NC(=O)C2CCC(=O)N2)cc1-c1ccccc1)C(=O)O. The number of carbonyl (C=O) groups excluding carboxylic acids is 3.